The van der Waals surface area contributed by atoms with E-state index in [4.69, 9.17) is 0 Å². The number of thioether (sulfide) groups is 1. The molecule has 0 radical (unpaired) electrons. The van der Waals surface area contributed by atoms with Crippen molar-refractivity contribution >= 4 is 34.4 Å². The first kappa shape index (κ1) is 22.0. The summed E-state index contributed by atoms with van der Waals surface area (Å²) in [6.45, 7) is 2.69. The molecule has 2 N–H and O–H groups in total. The van der Waals surface area contributed by atoms with Crippen LogP contribution in [0.2, 0.25) is 0 Å². The molecule has 1 saturated heterocycles. The van der Waals surface area contributed by atoms with Gasteiger partial charge in [-0.3, -0.25) is 9.79 Å². The molecule has 2 aromatic carbocycles. The van der Waals surface area contributed by atoms with Gasteiger partial charge in [0.1, 0.15) is 0 Å². The molecule has 1 saturated carbocycles. The van der Waals surface area contributed by atoms with Gasteiger partial charge in [-0.2, -0.15) is 11.8 Å². The van der Waals surface area contributed by atoms with Crippen LogP contribution in [-0.2, 0) is 11.2 Å². The topological polar surface area (TPSA) is 56.7 Å². The van der Waals surface area contributed by atoms with Crippen LogP contribution in [0.25, 0.3) is 10.8 Å². The Bertz CT molecular complexity index is 896. The smallest absolute Gasteiger partial charge is 0.225 e. The lowest BCUT2D eigenvalue weighted by atomic mass is 9.85. The van der Waals surface area contributed by atoms with Crippen molar-refractivity contribution in [2.75, 3.05) is 38.2 Å². The lowest BCUT2D eigenvalue weighted by Crippen LogP contribution is -2.47. The second kappa shape index (κ2) is 10.9. The molecule has 1 aliphatic carbocycles. The molecule has 2 aliphatic rings. The number of amides is 1. The van der Waals surface area contributed by atoms with Crippen LogP contribution in [0.5, 0.6) is 0 Å². The van der Waals surface area contributed by atoms with E-state index in [1.165, 1.54) is 16.3 Å². The van der Waals surface area contributed by atoms with Crippen molar-refractivity contribution < 1.29 is 4.79 Å². The number of fused-ring (bicyclic) bond motifs is 1. The maximum absolute atomic E-state index is 12.8. The Kier molecular flexibility index (Phi) is 7.73. The third-order valence-corrected chi connectivity index (χ3v) is 7.47. The second-order valence-electron chi connectivity index (χ2n) is 8.52. The van der Waals surface area contributed by atoms with Crippen molar-refractivity contribution in [3.8, 4) is 0 Å². The zero-order valence-electron chi connectivity index (χ0n) is 18.5. The lowest BCUT2D eigenvalue weighted by Gasteiger charge is -2.34. The minimum atomic E-state index is 0.211. The number of aliphatic imine (C=N–C) groups is 1. The first-order valence-corrected chi connectivity index (χ1v) is 12.7. The van der Waals surface area contributed by atoms with Crippen LogP contribution in [0.4, 0.5) is 0 Å². The zero-order valence-corrected chi connectivity index (χ0v) is 19.3. The number of benzene rings is 2. The highest BCUT2D eigenvalue weighted by atomic mass is 32.2. The Hall–Kier alpha value is -2.21. The van der Waals surface area contributed by atoms with Gasteiger partial charge in [-0.1, -0.05) is 42.5 Å². The third-order valence-electron chi connectivity index (χ3n) is 6.53. The Morgan fingerprint density at radius 2 is 1.81 bits per heavy atom. The third kappa shape index (κ3) is 5.73. The van der Waals surface area contributed by atoms with E-state index in [-0.39, 0.29) is 5.92 Å². The van der Waals surface area contributed by atoms with Gasteiger partial charge in [0.25, 0.3) is 0 Å². The Morgan fingerprint density at radius 1 is 1.06 bits per heavy atom. The van der Waals surface area contributed by atoms with E-state index in [2.05, 4.69) is 63.0 Å². The fraction of sp³-hybridized carbons (Fsp3) is 0.520. The summed E-state index contributed by atoms with van der Waals surface area (Å²) in [5.74, 6) is 3.63. The SMILES string of the molecule is CN=C(NCCc1cccc2ccccc12)NC1CCC(C(=O)N2CCSCC2)CC1. The maximum atomic E-state index is 12.8. The van der Waals surface area contributed by atoms with Crippen molar-refractivity contribution in [1.29, 1.82) is 0 Å². The van der Waals surface area contributed by atoms with Crippen LogP contribution in [0.3, 0.4) is 0 Å². The minimum absolute atomic E-state index is 0.211. The number of nitrogens with zero attached hydrogens (tertiary/aromatic N) is 2. The number of hydrogen-bond donors (Lipinski definition) is 2. The van der Waals surface area contributed by atoms with E-state index in [0.717, 1.165) is 69.2 Å². The number of carbonyl (C=O) groups excluding carboxylic acids is 1. The van der Waals surface area contributed by atoms with Crippen LogP contribution < -0.4 is 10.6 Å². The predicted octanol–water partition coefficient (Wildman–Crippen LogP) is 3.68. The van der Waals surface area contributed by atoms with Gasteiger partial charge < -0.3 is 15.5 Å². The highest BCUT2D eigenvalue weighted by Crippen LogP contribution is 2.27. The van der Waals surface area contributed by atoms with E-state index >= 15 is 0 Å². The number of hydrogen-bond acceptors (Lipinski definition) is 3. The summed E-state index contributed by atoms with van der Waals surface area (Å²) in [6, 6.07) is 15.4. The number of carbonyl (C=O) groups is 1. The van der Waals surface area contributed by atoms with Crippen LogP contribution in [0.15, 0.2) is 47.5 Å². The van der Waals surface area contributed by atoms with Gasteiger partial charge in [-0.05, 0) is 48.4 Å². The van der Waals surface area contributed by atoms with Crippen LogP contribution in [0, 0.1) is 5.92 Å². The molecule has 6 heteroatoms. The summed E-state index contributed by atoms with van der Waals surface area (Å²) in [6.07, 6.45) is 4.98. The molecule has 4 rings (SSSR count). The monoisotopic (exact) mass is 438 g/mol. The fourth-order valence-corrected chi connectivity index (χ4v) is 5.64. The quantitative estimate of drug-likeness (QED) is 0.552. The van der Waals surface area contributed by atoms with Crippen LogP contribution in [-0.4, -0.2) is 61.0 Å². The Morgan fingerprint density at radius 3 is 2.58 bits per heavy atom. The number of rotatable bonds is 5. The molecule has 166 valence electrons. The first-order chi connectivity index (χ1) is 15.2. The summed E-state index contributed by atoms with van der Waals surface area (Å²) in [7, 11) is 1.83. The van der Waals surface area contributed by atoms with Crippen molar-refractivity contribution in [2.45, 2.75) is 38.1 Å². The summed E-state index contributed by atoms with van der Waals surface area (Å²) in [5.41, 5.74) is 1.36. The van der Waals surface area contributed by atoms with E-state index < -0.39 is 0 Å². The van der Waals surface area contributed by atoms with Crippen molar-refractivity contribution in [3.63, 3.8) is 0 Å². The molecule has 0 spiro atoms. The number of guanidine groups is 1. The van der Waals surface area contributed by atoms with Crippen molar-refractivity contribution in [1.82, 2.24) is 15.5 Å². The minimum Gasteiger partial charge on any atom is -0.356 e. The van der Waals surface area contributed by atoms with Gasteiger partial charge in [0, 0.05) is 50.1 Å². The zero-order chi connectivity index (χ0) is 21.5. The molecule has 2 fully saturated rings. The molecular weight excluding hydrogens is 404 g/mol. The van der Waals surface area contributed by atoms with Gasteiger partial charge in [-0.25, -0.2) is 0 Å². The second-order valence-corrected chi connectivity index (χ2v) is 9.74. The summed E-state index contributed by atoms with van der Waals surface area (Å²) in [5, 5.41) is 9.67. The van der Waals surface area contributed by atoms with E-state index in [1.807, 2.05) is 18.8 Å². The van der Waals surface area contributed by atoms with Crippen LogP contribution in [0.1, 0.15) is 31.2 Å². The van der Waals surface area contributed by atoms with Crippen LogP contribution >= 0.6 is 11.8 Å². The van der Waals surface area contributed by atoms with E-state index in [0.29, 0.717) is 11.9 Å². The molecule has 1 heterocycles. The lowest BCUT2D eigenvalue weighted by molar-refractivity contribution is -0.136. The maximum Gasteiger partial charge on any atom is 0.225 e. The van der Waals surface area contributed by atoms with Gasteiger partial charge >= 0.3 is 0 Å². The molecule has 1 amide bonds. The normalized spacial score (nSPS) is 22.4. The molecule has 1 aliphatic heterocycles. The Labute approximate surface area is 190 Å². The summed E-state index contributed by atoms with van der Waals surface area (Å²) in [4.78, 5) is 19.3. The standard InChI is InChI=1S/C25H34N4OS/c1-26-25(27-14-13-20-7-4-6-19-5-2-3-8-23(19)20)28-22-11-9-21(10-12-22)24(30)29-15-17-31-18-16-29/h2-8,21-22H,9-18H2,1H3,(H2,26,27,28). The van der Waals surface area contributed by atoms with Gasteiger partial charge in [0.05, 0.1) is 0 Å². The molecule has 31 heavy (non-hydrogen) atoms. The van der Waals surface area contributed by atoms with Gasteiger partial charge in [0.15, 0.2) is 5.96 Å². The van der Waals surface area contributed by atoms with E-state index in [1.54, 1.807) is 0 Å². The predicted molar refractivity (Wildman–Crippen MR) is 132 cm³/mol. The highest BCUT2D eigenvalue weighted by Gasteiger charge is 2.30. The fourth-order valence-electron chi connectivity index (χ4n) is 4.74. The molecule has 0 bridgehead atoms. The number of nitrogens with one attached hydrogen (secondary N) is 2. The molecule has 0 unspecified atom stereocenters. The summed E-state index contributed by atoms with van der Waals surface area (Å²) < 4.78 is 0. The molecule has 5 nitrogen and oxygen atoms in total. The van der Waals surface area contributed by atoms with Gasteiger partial charge in [0.2, 0.25) is 5.91 Å². The first-order valence-electron chi connectivity index (χ1n) is 11.5. The largest absolute Gasteiger partial charge is 0.356 e. The van der Waals surface area contributed by atoms with Gasteiger partial charge in [-0.15, -0.1) is 0 Å². The Balaban J connectivity index is 1.22. The average molecular weight is 439 g/mol. The summed E-state index contributed by atoms with van der Waals surface area (Å²) >= 11 is 1.95. The molecule has 0 atom stereocenters. The molecular formula is C25H34N4OS. The van der Waals surface area contributed by atoms with E-state index in [9.17, 15) is 4.79 Å². The molecule has 0 aromatic heterocycles. The van der Waals surface area contributed by atoms with Crippen molar-refractivity contribution in [2.24, 2.45) is 10.9 Å². The average Bonchev–Trinajstić information content (AvgIpc) is 2.84. The highest BCUT2D eigenvalue weighted by molar-refractivity contribution is 7.99. The molecule has 2 aromatic rings. The van der Waals surface area contributed by atoms with Crippen molar-refractivity contribution in [3.05, 3.63) is 48.0 Å².